The normalized spacial score (nSPS) is 14.4. The van der Waals surface area contributed by atoms with Crippen molar-refractivity contribution in [3.05, 3.63) is 0 Å². The van der Waals surface area contributed by atoms with E-state index in [1.54, 1.807) is 0 Å². The monoisotopic (exact) mass is 1180 g/mol. The van der Waals surface area contributed by atoms with Gasteiger partial charge in [0.1, 0.15) is 19.3 Å². The second-order valence-electron chi connectivity index (χ2n) is 23.0. The predicted molar refractivity (Wildman–Crippen MR) is 317 cm³/mol. The van der Waals surface area contributed by atoms with Crippen LogP contribution in [0.3, 0.4) is 0 Å². The molecule has 0 saturated heterocycles. The third-order valence-electron chi connectivity index (χ3n) is 14.0. The number of hydrogen-bond acceptors (Lipinski definition) is 15. The molecule has 5 atom stereocenters. The first-order valence-corrected chi connectivity index (χ1v) is 35.0. The highest BCUT2D eigenvalue weighted by atomic mass is 31.2. The summed E-state index contributed by atoms with van der Waals surface area (Å²) in [7, 11) is -9.87. The molecule has 0 rings (SSSR count). The average molecular weight is 1190 g/mol. The van der Waals surface area contributed by atoms with Crippen molar-refractivity contribution >= 4 is 39.5 Å². The minimum atomic E-state index is -4.94. The lowest BCUT2D eigenvalue weighted by molar-refractivity contribution is -0.161. The Kier molecular flexibility index (Phi) is 52.5. The van der Waals surface area contributed by atoms with Crippen molar-refractivity contribution in [2.45, 2.75) is 317 Å². The van der Waals surface area contributed by atoms with E-state index >= 15 is 0 Å². The molecule has 0 fully saturated rings. The Morgan fingerprint density at radius 2 is 0.575 bits per heavy atom. The number of aliphatic hydroxyl groups excluding tert-OH is 1. The molecule has 0 aliphatic rings. The number of carbonyl (C=O) groups is 4. The third kappa shape index (κ3) is 55.3. The Morgan fingerprint density at radius 1 is 0.338 bits per heavy atom. The van der Waals surface area contributed by atoms with Gasteiger partial charge in [-0.3, -0.25) is 37.3 Å². The summed E-state index contributed by atoms with van der Waals surface area (Å²) in [6, 6.07) is 0. The summed E-state index contributed by atoms with van der Waals surface area (Å²) in [5.41, 5.74) is 0. The highest BCUT2D eigenvalue weighted by Crippen LogP contribution is 2.45. The summed E-state index contributed by atoms with van der Waals surface area (Å²) in [6.07, 6.45) is 35.2. The lowest BCUT2D eigenvalue weighted by Crippen LogP contribution is -2.30. The quantitative estimate of drug-likeness (QED) is 0.0222. The summed E-state index contributed by atoms with van der Waals surface area (Å²) in [5, 5.41) is 10.5. The molecular formula is C61H118O17P2. The number of ether oxygens (including phenoxy) is 4. The maximum Gasteiger partial charge on any atom is 0.472 e. The number of carbonyl (C=O) groups excluding carboxylic acids is 4. The summed E-state index contributed by atoms with van der Waals surface area (Å²) in [5.74, 6) is -0.639. The van der Waals surface area contributed by atoms with E-state index in [0.717, 1.165) is 108 Å². The third-order valence-corrected chi connectivity index (χ3v) is 15.9. The largest absolute Gasteiger partial charge is 0.472 e. The molecule has 0 aromatic rings. The van der Waals surface area contributed by atoms with Gasteiger partial charge in [0.25, 0.3) is 0 Å². The Balaban J connectivity index is 5.18. The van der Waals surface area contributed by atoms with Gasteiger partial charge in [0.15, 0.2) is 12.2 Å². The summed E-state index contributed by atoms with van der Waals surface area (Å²) < 4.78 is 67.7. The van der Waals surface area contributed by atoms with Crippen molar-refractivity contribution in [3.63, 3.8) is 0 Å². The Bertz CT molecular complexity index is 1580. The standard InChI is InChI=1S/C61H118O17P2/c1-7-9-11-13-14-19-27-33-39-45-60(65)77-56(49-71-58(63)43-37-29-12-10-8-2)51-75-79(67,68)73-47-55(62)48-74-80(69,70)76-52-57(78-61(66)46-40-34-28-23-18-16-21-25-31-36-42-54(5)6)50-72-59(64)44-38-32-26-22-17-15-20-24-30-35-41-53(3)4/h53-57,62H,7-52H2,1-6H3,(H,67,68)(H,69,70)/t55-,56+,57+/m0/s1. The van der Waals surface area contributed by atoms with Crippen LogP contribution in [0.2, 0.25) is 0 Å². The molecule has 0 bridgehead atoms. The lowest BCUT2D eigenvalue weighted by Gasteiger charge is -2.21. The van der Waals surface area contributed by atoms with Crippen LogP contribution in [0.5, 0.6) is 0 Å². The minimum absolute atomic E-state index is 0.104. The van der Waals surface area contributed by atoms with E-state index in [0.29, 0.717) is 25.7 Å². The van der Waals surface area contributed by atoms with Crippen molar-refractivity contribution in [3.8, 4) is 0 Å². The zero-order chi connectivity index (χ0) is 59.4. The van der Waals surface area contributed by atoms with E-state index in [2.05, 4.69) is 41.5 Å². The van der Waals surface area contributed by atoms with Crippen molar-refractivity contribution < 1.29 is 80.2 Å². The summed E-state index contributed by atoms with van der Waals surface area (Å²) in [4.78, 5) is 71.8. The number of esters is 4. The highest BCUT2D eigenvalue weighted by molar-refractivity contribution is 7.47. The van der Waals surface area contributed by atoms with Crippen LogP contribution >= 0.6 is 15.6 Å². The van der Waals surface area contributed by atoms with Gasteiger partial charge in [-0.15, -0.1) is 0 Å². The second-order valence-corrected chi connectivity index (χ2v) is 25.9. The first kappa shape index (κ1) is 78.1. The molecule has 0 aliphatic carbocycles. The van der Waals surface area contributed by atoms with Gasteiger partial charge in [0.2, 0.25) is 0 Å². The van der Waals surface area contributed by atoms with Crippen LogP contribution in [-0.4, -0.2) is 96.7 Å². The minimum Gasteiger partial charge on any atom is -0.462 e. The molecule has 0 spiro atoms. The van der Waals surface area contributed by atoms with Gasteiger partial charge < -0.3 is 33.8 Å². The molecule has 474 valence electrons. The molecule has 17 nitrogen and oxygen atoms in total. The van der Waals surface area contributed by atoms with Gasteiger partial charge in [0.05, 0.1) is 26.4 Å². The van der Waals surface area contributed by atoms with Crippen LogP contribution in [0, 0.1) is 11.8 Å². The fourth-order valence-electron chi connectivity index (χ4n) is 9.00. The van der Waals surface area contributed by atoms with E-state index in [1.807, 2.05) is 0 Å². The Morgan fingerprint density at radius 3 is 0.850 bits per heavy atom. The number of phosphoric acid groups is 2. The molecule has 0 saturated carbocycles. The van der Waals surface area contributed by atoms with Crippen LogP contribution in [0.25, 0.3) is 0 Å². The zero-order valence-corrected chi connectivity index (χ0v) is 53.2. The summed E-state index contributed by atoms with van der Waals surface area (Å²) in [6.45, 7) is 9.35. The first-order chi connectivity index (χ1) is 38.4. The van der Waals surface area contributed by atoms with Crippen molar-refractivity contribution in [2.24, 2.45) is 11.8 Å². The first-order valence-electron chi connectivity index (χ1n) is 32.0. The van der Waals surface area contributed by atoms with E-state index < -0.39 is 97.5 Å². The SMILES string of the molecule is CCCCCCCCCCCC(=O)O[C@H](COC(=O)CCCCCCC)COP(=O)(O)OC[C@H](O)COP(=O)(O)OC[C@@H](COC(=O)CCCCCCCCCCCCC(C)C)OC(=O)CCCCCCCCCCCCC(C)C. The van der Waals surface area contributed by atoms with Crippen LogP contribution in [0.15, 0.2) is 0 Å². The maximum atomic E-state index is 12.9. The van der Waals surface area contributed by atoms with Gasteiger partial charge in [-0.05, 0) is 37.5 Å². The number of phosphoric ester groups is 2. The van der Waals surface area contributed by atoms with Crippen molar-refractivity contribution in [2.75, 3.05) is 39.6 Å². The Hall–Kier alpha value is -1.94. The van der Waals surface area contributed by atoms with Gasteiger partial charge in [0, 0.05) is 25.7 Å². The van der Waals surface area contributed by atoms with Gasteiger partial charge in [-0.2, -0.15) is 0 Å². The number of hydrogen-bond donors (Lipinski definition) is 3. The molecule has 0 radical (unpaired) electrons. The van der Waals surface area contributed by atoms with Crippen LogP contribution < -0.4 is 0 Å². The molecule has 0 aliphatic heterocycles. The Labute approximate surface area is 486 Å². The van der Waals surface area contributed by atoms with E-state index in [-0.39, 0.29) is 25.7 Å². The molecule has 80 heavy (non-hydrogen) atoms. The van der Waals surface area contributed by atoms with Crippen LogP contribution in [0.1, 0.15) is 298 Å². The average Bonchev–Trinajstić information content (AvgIpc) is 3.41. The highest BCUT2D eigenvalue weighted by Gasteiger charge is 2.30. The molecule has 2 unspecified atom stereocenters. The fourth-order valence-corrected chi connectivity index (χ4v) is 10.6. The molecule has 0 aromatic carbocycles. The van der Waals surface area contributed by atoms with Crippen LogP contribution in [-0.2, 0) is 65.4 Å². The van der Waals surface area contributed by atoms with E-state index in [1.165, 1.54) is 109 Å². The number of unbranched alkanes of at least 4 members (excludes halogenated alkanes) is 30. The number of aliphatic hydroxyl groups is 1. The van der Waals surface area contributed by atoms with Gasteiger partial charge in [-0.25, -0.2) is 9.13 Å². The van der Waals surface area contributed by atoms with E-state index in [4.69, 9.17) is 37.0 Å². The molecule has 0 aromatic heterocycles. The summed E-state index contributed by atoms with van der Waals surface area (Å²) >= 11 is 0. The van der Waals surface area contributed by atoms with Crippen LogP contribution in [0.4, 0.5) is 0 Å². The molecule has 19 heteroatoms. The predicted octanol–water partition coefficient (Wildman–Crippen LogP) is 16.5. The molecular weight excluding hydrogens is 1070 g/mol. The maximum absolute atomic E-state index is 12.9. The van der Waals surface area contributed by atoms with Gasteiger partial charge >= 0.3 is 39.5 Å². The zero-order valence-electron chi connectivity index (χ0n) is 51.4. The van der Waals surface area contributed by atoms with E-state index in [9.17, 15) is 43.2 Å². The fraction of sp³-hybridized carbons (Fsp3) is 0.934. The number of rotatable bonds is 60. The topological polar surface area (TPSA) is 237 Å². The van der Waals surface area contributed by atoms with Crippen molar-refractivity contribution in [1.82, 2.24) is 0 Å². The smallest absolute Gasteiger partial charge is 0.462 e. The second kappa shape index (κ2) is 53.8. The lowest BCUT2D eigenvalue weighted by atomic mass is 10.0. The van der Waals surface area contributed by atoms with Gasteiger partial charge in [-0.1, -0.05) is 247 Å². The molecule has 0 amide bonds. The van der Waals surface area contributed by atoms with Crippen molar-refractivity contribution in [1.29, 1.82) is 0 Å². The molecule has 0 heterocycles. The molecule has 3 N–H and O–H groups in total.